The molecule has 0 saturated heterocycles. The molecule has 0 spiro atoms. The Morgan fingerprint density at radius 1 is 1.48 bits per heavy atom. The summed E-state index contributed by atoms with van der Waals surface area (Å²) in [5.74, 6) is -3.20. The van der Waals surface area contributed by atoms with Crippen LogP contribution in [0.2, 0.25) is 0 Å². The lowest BCUT2D eigenvalue weighted by Crippen LogP contribution is -2.41. The lowest BCUT2D eigenvalue weighted by molar-refractivity contribution is -0.387. The van der Waals surface area contributed by atoms with Crippen molar-refractivity contribution >= 4 is 11.6 Å². The van der Waals surface area contributed by atoms with E-state index in [0.717, 1.165) is 0 Å². The lowest BCUT2D eigenvalue weighted by Gasteiger charge is -2.27. The van der Waals surface area contributed by atoms with Crippen LogP contribution in [0.1, 0.15) is 24.2 Å². The number of ether oxygens (including phenoxy) is 1. The molecule has 0 fully saturated rings. The first-order valence-corrected chi connectivity index (χ1v) is 6.26. The smallest absolute Gasteiger partial charge is 0.308 e. The van der Waals surface area contributed by atoms with Crippen LogP contribution in [0, 0.1) is 21.7 Å². The van der Waals surface area contributed by atoms with Gasteiger partial charge in [0, 0.05) is 13.7 Å². The summed E-state index contributed by atoms with van der Waals surface area (Å²) in [6, 6.07) is 0.725. The number of rotatable bonds is 6. The molecule has 0 aliphatic heterocycles. The van der Waals surface area contributed by atoms with Crippen LogP contribution in [-0.2, 0) is 4.74 Å². The zero-order valence-electron chi connectivity index (χ0n) is 11.9. The Morgan fingerprint density at radius 3 is 2.57 bits per heavy atom. The van der Waals surface area contributed by atoms with E-state index in [0.29, 0.717) is 12.1 Å². The van der Waals surface area contributed by atoms with Gasteiger partial charge in [0.1, 0.15) is 5.82 Å². The van der Waals surface area contributed by atoms with Crippen molar-refractivity contribution in [2.45, 2.75) is 19.9 Å². The molecule has 116 valence electrons. The highest BCUT2D eigenvalue weighted by Gasteiger charge is 2.28. The summed E-state index contributed by atoms with van der Waals surface area (Å²) in [6.07, 6.45) is 0. The van der Waals surface area contributed by atoms with Crippen LogP contribution in [-0.4, -0.2) is 42.0 Å². The average Bonchev–Trinajstić information content (AvgIpc) is 2.41. The molecule has 0 saturated carbocycles. The maximum absolute atomic E-state index is 14.0. The van der Waals surface area contributed by atoms with Gasteiger partial charge in [0.25, 0.3) is 5.91 Å². The summed E-state index contributed by atoms with van der Waals surface area (Å²) in [5.41, 5.74) is -1.72. The van der Waals surface area contributed by atoms with E-state index in [1.54, 1.807) is 13.8 Å². The van der Waals surface area contributed by atoms with Gasteiger partial charge in [-0.05, 0) is 19.9 Å². The summed E-state index contributed by atoms with van der Waals surface area (Å²) in [6.45, 7) is 3.78. The number of benzene rings is 1. The van der Waals surface area contributed by atoms with Crippen molar-refractivity contribution in [1.29, 1.82) is 0 Å². The van der Waals surface area contributed by atoms with Gasteiger partial charge in [0.05, 0.1) is 29.2 Å². The Balaban J connectivity index is 3.25. The Bertz CT molecular complexity index is 551. The van der Waals surface area contributed by atoms with Gasteiger partial charge in [-0.1, -0.05) is 0 Å². The number of hydrogen-bond acceptors (Lipinski definition) is 4. The van der Waals surface area contributed by atoms with E-state index in [-0.39, 0.29) is 19.2 Å². The van der Waals surface area contributed by atoms with Gasteiger partial charge < -0.3 is 9.64 Å². The molecule has 0 aliphatic rings. The Kier molecular flexibility index (Phi) is 5.71. The fraction of sp³-hybridized carbons (Fsp3) is 0.462. The highest BCUT2D eigenvalue weighted by molar-refractivity contribution is 5.95. The summed E-state index contributed by atoms with van der Waals surface area (Å²) < 4.78 is 32.3. The van der Waals surface area contributed by atoms with Crippen LogP contribution >= 0.6 is 0 Å². The first-order chi connectivity index (χ1) is 9.83. The highest BCUT2D eigenvalue weighted by Crippen LogP contribution is 2.24. The second kappa shape index (κ2) is 7.07. The van der Waals surface area contributed by atoms with Crippen LogP contribution in [0.3, 0.4) is 0 Å². The third-order valence-electron chi connectivity index (χ3n) is 2.99. The van der Waals surface area contributed by atoms with Gasteiger partial charge in [0.2, 0.25) is 5.82 Å². The topological polar surface area (TPSA) is 72.7 Å². The van der Waals surface area contributed by atoms with Gasteiger partial charge in [-0.2, -0.15) is 4.39 Å². The number of methoxy groups -OCH3 is 1. The first kappa shape index (κ1) is 17.0. The van der Waals surface area contributed by atoms with Crippen molar-refractivity contribution in [3.63, 3.8) is 0 Å². The van der Waals surface area contributed by atoms with E-state index in [1.165, 1.54) is 12.0 Å². The predicted octanol–water partition coefficient (Wildman–Crippen LogP) is 2.37. The molecule has 0 bridgehead atoms. The minimum Gasteiger partial charge on any atom is -0.383 e. The van der Waals surface area contributed by atoms with Crippen LogP contribution in [0.5, 0.6) is 0 Å². The van der Waals surface area contributed by atoms with Crippen molar-refractivity contribution in [2.24, 2.45) is 0 Å². The van der Waals surface area contributed by atoms with Gasteiger partial charge in [-0.25, -0.2) is 4.39 Å². The number of likely N-dealkylation sites (N-methyl/N-ethyl adjacent to an activating group) is 1. The van der Waals surface area contributed by atoms with Crippen molar-refractivity contribution in [3.05, 3.63) is 39.4 Å². The van der Waals surface area contributed by atoms with Gasteiger partial charge >= 0.3 is 5.69 Å². The summed E-state index contributed by atoms with van der Waals surface area (Å²) >= 11 is 0. The lowest BCUT2D eigenvalue weighted by atomic mass is 10.1. The quantitative estimate of drug-likeness (QED) is 0.597. The third-order valence-corrected chi connectivity index (χ3v) is 2.99. The summed E-state index contributed by atoms with van der Waals surface area (Å²) in [4.78, 5) is 23.1. The molecular weight excluding hydrogens is 286 g/mol. The minimum absolute atomic E-state index is 0.207. The molecule has 0 N–H and O–H groups in total. The molecule has 0 aromatic heterocycles. The molecule has 1 rings (SSSR count). The van der Waals surface area contributed by atoms with Crippen LogP contribution in [0.15, 0.2) is 12.1 Å². The maximum atomic E-state index is 14.0. The molecule has 8 heteroatoms. The predicted molar refractivity (Wildman–Crippen MR) is 71.1 cm³/mol. The molecule has 0 aliphatic carbocycles. The number of nitro groups is 1. The number of nitro benzene ring substituents is 1. The fourth-order valence-corrected chi connectivity index (χ4v) is 2.00. The van der Waals surface area contributed by atoms with E-state index in [9.17, 15) is 23.7 Å². The number of halogens is 2. The number of carbonyl (C=O) groups is 1. The van der Waals surface area contributed by atoms with Gasteiger partial charge in [-0.15, -0.1) is 0 Å². The molecule has 0 heterocycles. The Labute approximate surface area is 120 Å². The van der Waals surface area contributed by atoms with Crippen molar-refractivity contribution in [3.8, 4) is 0 Å². The zero-order valence-corrected chi connectivity index (χ0v) is 11.9. The van der Waals surface area contributed by atoms with Gasteiger partial charge in [0.15, 0.2) is 0 Å². The number of amides is 1. The first-order valence-electron chi connectivity index (χ1n) is 6.26. The Hall–Kier alpha value is -2.09. The van der Waals surface area contributed by atoms with E-state index >= 15 is 0 Å². The van der Waals surface area contributed by atoms with E-state index in [1.807, 2.05) is 0 Å². The number of carbonyl (C=O) groups excluding carboxylic acids is 1. The number of nitrogens with zero attached hydrogens (tertiary/aromatic N) is 2. The van der Waals surface area contributed by atoms with E-state index < -0.39 is 33.7 Å². The van der Waals surface area contributed by atoms with Crippen molar-refractivity contribution in [2.75, 3.05) is 20.3 Å². The summed E-state index contributed by atoms with van der Waals surface area (Å²) in [7, 11) is 1.45. The largest absolute Gasteiger partial charge is 0.383 e. The number of hydrogen-bond donors (Lipinski definition) is 0. The van der Waals surface area contributed by atoms with E-state index in [2.05, 4.69) is 0 Å². The van der Waals surface area contributed by atoms with Crippen molar-refractivity contribution in [1.82, 2.24) is 4.90 Å². The van der Waals surface area contributed by atoms with Crippen LogP contribution < -0.4 is 0 Å². The third kappa shape index (κ3) is 3.72. The monoisotopic (exact) mass is 302 g/mol. The molecule has 1 aromatic rings. The Morgan fingerprint density at radius 2 is 2.10 bits per heavy atom. The van der Waals surface area contributed by atoms with Crippen molar-refractivity contribution < 1.29 is 23.2 Å². The highest BCUT2D eigenvalue weighted by atomic mass is 19.1. The maximum Gasteiger partial charge on any atom is 0.308 e. The minimum atomic E-state index is -1.34. The average molecular weight is 302 g/mol. The SMILES string of the molecule is CCN(C(=O)c1cc(F)cc([N+](=O)[O-])c1F)C(C)COC. The summed E-state index contributed by atoms with van der Waals surface area (Å²) in [5, 5.41) is 10.7. The molecule has 1 amide bonds. The molecule has 1 atom stereocenters. The molecule has 1 unspecified atom stereocenters. The molecule has 1 aromatic carbocycles. The molecule has 21 heavy (non-hydrogen) atoms. The van der Waals surface area contributed by atoms with E-state index in [4.69, 9.17) is 4.74 Å². The molecular formula is C13H16F2N2O4. The zero-order chi connectivity index (χ0) is 16.2. The molecule has 6 nitrogen and oxygen atoms in total. The fourth-order valence-electron chi connectivity index (χ4n) is 2.00. The normalized spacial score (nSPS) is 12.0. The standard InChI is InChI=1S/C13H16F2N2O4/c1-4-16(8(2)7-21-3)13(18)10-5-9(14)6-11(12(10)15)17(19)20/h5-6,8H,4,7H2,1-3H3. The second-order valence-electron chi connectivity index (χ2n) is 4.44. The van der Waals surface area contributed by atoms with Crippen LogP contribution in [0.25, 0.3) is 0 Å². The molecule has 0 radical (unpaired) electrons. The van der Waals surface area contributed by atoms with Crippen LogP contribution in [0.4, 0.5) is 14.5 Å². The van der Waals surface area contributed by atoms with Gasteiger partial charge in [-0.3, -0.25) is 14.9 Å². The second-order valence-corrected chi connectivity index (χ2v) is 4.44.